The molecule has 12 heavy (non-hydrogen) atoms. The van der Waals surface area contributed by atoms with Crippen LogP contribution in [0.3, 0.4) is 0 Å². The molecule has 0 radical (unpaired) electrons. The molecule has 1 N–H and O–H groups in total. The highest BCUT2D eigenvalue weighted by Crippen LogP contribution is 2.17. The molecule has 2 atom stereocenters. The van der Waals surface area contributed by atoms with Crippen molar-refractivity contribution >= 4 is 0 Å². The third-order valence-corrected chi connectivity index (χ3v) is 2.19. The van der Waals surface area contributed by atoms with Crippen LogP contribution in [-0.2, 0) is 4.74 Å². The topological polar surface area (TPSA) is 29.5 Å². The summed E-state index contributed by atoms with van der Waals surface area (Å²) >= 11 is 0. The van der Waals surface area contributed by atoms with Crippen LogP contribution in [0.15, 0.2) is 0 Å². The Labute approximate surface area is 75.9 Å². The second kappa shape index (κ2) is 7.56. The molecule has 0 spiro atoms. The predicted octanol–water partition coefficient (Wildman–Crippen LogP) is 2.56. The van der Waals surface area contributed by atoms with Gasteiger partial charge in [-0.05, 0) is 19.8 Å². The minimum Gasteiger partial charge on any atom is -0.368 e. The van der Waals surface area contributed by atoms with E-state index in [1.165, 1.54) is 12.8 Å². The molecule has 2 nitrogen and oxygen atoms in total. The summed E-state index contributed by atoms with van der Waals surface area (Å²) < 4.78 is 5.15. The fraction of sp³-hybridized carbons (Fsp3) is 1.00. The fourth-order valence-corrected chi connectivity index (χ4v) is 1.32. The standard InChI is InChI=1S/C10H22O2/c1-4-7-8-9(5-2)10(11)12-6-3/h9-11H,4-8H2,1-3H3. The molecule has 0 aromatic heterocycles. The van der Waals surface area contributed by atoms with E-state index < -0.39 is 6.29 Å². The Hall–Kier alpha value is -0.0800. The van der Waals surface area contributed by atoms with Gasteiger partial charge in [0.25, 0.3) is 0 Å². The maximum Gasteiger partial charge on any atom is 0.157 e. The molecule has 0 heterocycles. The van der Waals surface area contributed by atoms with Crippen molar-refractivity contribution in [3.63, 3.8) is 0 Å². The molecule has 0 saturated heterocycles. The summed E-state index contributed by atoms with van der Waals surface area (Å²) in [5.74, 6) is 0.324. The summed E-state index contributed by atoms with van der Waals surface area (Å²) in [5.41, 5.74) is 0. The van der Waals surface area contributed by atoms with Crippen molar-refractivity contribution in [2.75, 3.05) is 6.61 Å². The van der Waals surface area contributed by atoms with Crippen LogP contribution in [-0.4, -0.2) is 18.0 Å². The summed E-state index contributed by atoms with van der Waals surface area (Å²) in [7, 11) is 0. The smallest absolute Gasteiger partial charge is 0.157 e. The molecular weight excluding hydrogens is 152 g/mol. The molecule has 0 saturated carbocycles. The zero-order valence-electron chi connectivity index (χ0n) is 8.55. The summed E-state index contributed by atoms with van der Waals surface area (Å²) in [4.78, 5) is 0. The maximum absolute atomic E-state index is 9.51. The Bertz CT molecular complexity index is 93.8. The van der Waals surface area contributed by atoms with Crippen molar-refractivity contribution in [3.05, 3.63) is 0 Å². The van der Waals surface area contributed by atoms with E-state index in [1.807, 2.05) is 6.92 Å². The van der Waals surface area contributed by atoms with Gasteiger partial charge in [0.15, 0.2) is 6.29 Å². The number of hydrogen-bond donors (Lipinski definition) is 1. The Kier molecular flexibility index (Phi) is 7.51. The van der Waals surface area contributed by atoms with Crippen molar-refractivity contribution in [2.45, 2.75) is 52.7 Å². The molecule has 0 fully saturated rings. The number of aliphatic hydroxyl groups excluding tert-OH is 1. The number of ether oxygens (including phenoxy) is 1. The van der Waals surface area contributed by atoms with Gasteiger partial charge in [-0.2, -0.15) is 0 Å². The van der Waals surface area contributed by atoms with Gasteiger partial charge in [0.05, 0.1) is 0 Å². The first-order chi connectivity index (χ1) is 5.76. The number of hydrogen-bond acceptors (Lipinski definition) is 2. The Morgan fingerprint density at radius 1 is 1.25 bits per heavy atom. The van der Waals surface area contributed by atoms with E-state index in [0.29, 0.717) is 12.5 Å². The van der Waals surface area contributed by atoms with Gasteiger partial charge < -0.3 is 9.84 Å². The van der Waals surface area contributed by atoms with Gasteiger partial charge in [-0.15, -0.1) is 0 Å². The normalized spacial score (nSPS) is 16.0. The van der Waals surface area contributed by atoms with E-state index in [-0.39, 0.29) is 0 Å². The van der Waals surface area contributed by atoms with Gasteiger partial charge in [-0.25, -0.2) is 0 Å². The van der Waals surface area contributed by atoms with Crippen molar-refractivity contribution in [1.29, 1.82) is 0 Å². The molecule has 0 bridgehead atoms. The van der Waals surface area contributed by atoms with Crippen LogP contribution in [0.5, 0.6) is 0 Å². The quantitative estimate of drug-likeness (QED) is 0.601. The summed E-state index contributed by atoms with van der Waals surface area (Å²) in [5, 5.41) is 9.51. The van der Waals surface area contributed by atoms with Crippen LogP contribution in [0.1, 0.15) is 46.5 Å². The third kappa shape index (κ3) is 4.73. The minimum absolute atomic E-state index is 0.324. The maximum atomic E-state index is 9.51. The first-order valence-corrected chi connectivity index (χ1v) is 5.05. The number of unbranched alkanes of at least 4 members (excludes halogenated alkanes) is 1. The molecule has 2 unspecified atom stereocenters. The van der Waals surface area contributed by atoms with E-state index in [0.717, 1.165) is 12.8 Å². The molecule has 0 aliphatic heterocycles. The molecule has 0 aliphatic carbocycles. The van der Waals surface area contributed by atoms with E-state index in [4.69, 9.17) is 4.74 Å². The molecule has 0 aromatic rings. The summed E-state index contributed by atoms with van der Waals surface area (Å²) in [6.07, 6.45) is 3.90. The number of rotatable bonds is 7. The van der Waals surface area contributed by atoms with E-state index in [9.17, 15) is 5.11 Å². The first kappa shape index (κ1) is 11.9. The number of aliphatic hydroxyl groups is 1. The van der Waals surface area contributed by atoms with Gasteiger partial charge >= 0.3 is 0 Å². The van der Waals surface area contributed by atoms with E-state index in [2.05, 4.69) is 13.8 Å². The lowest BCUT2D eigenvalue weighted by Crippen LogP contribution is -2.23. The molecule has 0 aromatic carbocycles. The fourth-order valence-electron chi connectivity index (χ4n) is 1.32. The molecular formula is C10H22O2. The van der Waals surface area contributed by atoms with Crippen molar-refractivity contribution in [2.24, 2.45) is 5.92 Å². The first-order valence-electron chi connectivity index (χ1n) is 5.05. The average molecular weight is 174 g/mol. The van der Waals surface area contributed by atoms with Gasteiger partial charge in [-0.3, -0.25) is 0 Å². The molecule has 0 amide bonds. The van der Waals surface area contributed by atoms with Crippen LogP contribution in [0.2, 0.25) is 0 Å². The van der Waals surface area contributed by atoms with Gasteiger partial charge in [0.2, 0.25) is 0 Å². The monoisotopic (exact) mass is 174 g/mol. The largest absolute Gasteiger partial charge is 0.368 e. The highest BCUT2D eigenvalue weighted by molar-refractivity contribution is 4.59. The van der Waals surface area contributed by atoms with Gasteiger partial charge in [0, 0.05) is 12.5 Å². The van der Waals surface area contributed by atoms with Gasteiger partial charge in [-0.1, -0.05) is 26.7 Å². The third-order valence-electron chi connectivity index (χ3n) is 2.19. The van der Waals surface area contributed by atoms with E-state index >= 15 is 0 Å². The Morgan fingerprint density at radius 3 is 2.33 bits per heavy atom. The zero-order chi connectivity index (χ0) is 9.40. The predicted molar refractivity (Wildman–Crippen MR) is 50.9 cm³/mol. The molecule has 74 valence electrons. The van der Waals surface area contributed by atoms with Crippen LogP contribution in [0, 0.1) is 5.92 Å². The van der Waals surface area contributed by atoms with E-state index in [1.54, 1.807) is 0 Å². The minimum atomic E-state index is -0.549. The lowest BCUT2D eigenvalue weighted by atomic mass is 9.99. The zero-order valence-corrected chi connectivity index (χ0v) is 8.55. The van der Waals surface area contributed by atoms with Crippen LogP contribution in [0.4, 0.5) is 0 Å². The average Bonchev–Trinajstić information content (AvgIpc) is 2.06. The molecule has 0 aliphatic rings. The lowest BCUT2D eigenvalue weighted by molar-refractivity contribution is -0.133. The lowest BCUT2D eigenvalue weighted by Gasteiger charge is -2.20. The summed E-state index contributed by atoms with van der Waals surface area (Å²) in [6.45, 7) is 6.78. The van der Waals surface area contributed by atoms with Crippen molar-refractivity contribution < 1.29 is 9.84 Å². The second-order valence-corrected chi connectivity index (χ2v) is 3.16. The van der Waals surface area contributed by atoms with Gasteiger partial charge in [0.1, 0.15) is 0 Å². The van der Waals surface area contributed by atoms with Crippen molar-refractivity contribution in [1.82, 2.24) is 0 Å². The molecule has 0 rings (SSSR count). The Balaban J connectivity index is 3.62. The summed E-state index contributed by atoms with van der Waals surface area (Å²) in [6, 6.07) is 0. The second-order valence-electron chi connectivity index (χ2n) is 3.16. The van der Waals surface area contributed by atoms with Crippen LogP contribution >= 0.6 is 0 Å². The molecule has 2 heteroatoms. The van der Waals surface area contributed by atoms with Crippen molar-refractivity contribution in [3.8, 4) is 0 Å². The highest BCUT2D eigenvalue weighted by Gasteiger charge is 2.16. The SMILES string of the molecule is CCCCC(CC)C(O)OCC. The van der Waals surface area contributed by atoms with Crippen LogP contribution < -0.4 is 0 Å². The Morgan fingerprint density at radius 2 is 1.92 bits per heavy atom. The van der Waals surface area contributed by atoms with Crippen LogP contribution in [0.25, 0.3) is 0 Å². The highest BCUT2D eigenvalue weighted by atomic mass is 16.6.